The smallest absolute Gasteiger partial charge is 0.479 e. The molecule has 0 amide bonds. The van der Waals surface area contributed by atoms with Gasteiger partial charge in [-0.25, -0.2) is 9.67 Å². The minimum Gasteiger partial charge on any atom is -0.479 e. The van der Waals surface area contributed by atoms with Crippen LogP contribution in [0.4, 0.5) is 26.3 Å². The average Bonchev–Trinajstić information content (AvgIpc) is 3.34. The summed E-state index contributed by atoms with van der Waals surface area (Å²) < 4.78 is 86.0. The predicted octanol–water partition coefficient (Wildman–Crippen LogP) is 6.89. The van der Waals surface area contributed by atoms with Crippen molar-refractivity contribution in [3.8, 4) is 22.8 Å². The van der Waals surface area contributed by atoms with Crippen LogP contribution in [0.1, 0.15) is 29.8 Å². The van der Waals surface area contributed by atoms with Gasteiger partial charge in [0.15, 0.2) is 10.9 Å². The minimum atomic E-state index is -4.77. The number of hydrogen-bond donors (Lipinski definition) is 0. The van der Waals surface area contributed by atoms with Crippen LogP contribution in [0.15, 0.2) is 73.2 Å². The van der Waals surface area contributed by atoms with Gasteiger partial charge in [0, 0.05) is 23.7 Å². The van der Waals surface area contributed by atoms with Crippen molar-refractivity contribution in [3.05, 3.63) is 90.0 Å². The molecule has 0 aliphatic heterocycles. The first-order chi connectivity index (χ1) is 17.9. The van der Waals surface area contributed by atoms with Crippen LogP contribution >= 0.6 is 12.2 Å². The Balaban J connectivity index is 1.35. The summed E-state index contributed by atoms with van der Waals surface area (Å²) in [7, 11) is 0. The first-order valence-electron chi connectivity index (χ1n) is 11.0. The van der Waals surface area contributed by atoms with E-state index in [1.165, 1.54) is 41.3 Å². The molecular weight excluding hydrogens is 534 g/mol. The van der Waals surface area contributed by atoms with Crippen molar-refractivity contribution < 1.29 is 35.8 Å². The molecule has 0 bridgehead atoms. The molecule has 0 saturated carbocycles. The van der Waals surface area contributed by atoms with Crippen molar-refractivity contribution >= 4 is 17.3 Å². The molecule has 0 fully saturated rings. The standard InChI is InChI=1S/C25H18F6N4O2S/c1-15(18-6-11-21(32-13-18)24(26,27)28)36-22(38)12-16-2-4-17(5-3-16)23-33-14-35(34-23)19-7-9-20(10-8-19)37-25(29,30)31/h2-11,13-15H,12H2,1H3. The largest absolute Gasteiger partial charge is 0.573 e. The zero-order chi connectivity index (χ0) is 27.5. The summed E-state index contributed by atoms with van der Waals surface area (Å²) in [5.74, 6) is 0.0545. The number of benzene rings is 2. The molecule has 6 nitrogen and oxygen atoms in total. The predicted molar refractivity (Wildman–Crippen MR) is 129 cm³/mol. The number of hydrogen-bond acceptors (Lipinski definition) is 6. The van der Waals surface area contributed by atoms with E-state index >= 15 is 0 Å². The number of nitrogens with zero attached hydrogens (tertiary/aromatic N) is 4. The molecule has 2 aromatic carbocycles. The van der Waals surface area contributed by atoms with E-state index in [1.807, 2.05) is 0 Å². The number of aromatic nitrogens is 4. The molecule has 13 heteroatoms. The van der Waals surface area contributed by atoms with Crippen LogP contribution in [0, 0.1) is 0 Å². The van der Waals surface area contributed by atoms with Gasteiger partial charge in [0.1, 0.15) is 23.9 Å². The summed E-state index contributed by atoms with van der Waals surface area (Å²) in [5, 5.41) is 4.61. The first kappa shape index (κ1) is 27.0. The lowest BCUT2D eigenvalue weighted by Gasteiger charge is -2.16. The van der Waals surface area contributed by atoms with Gasteiger partial charge >= 0.3 is 12.5 Å². The molecule has 0 N–H and O–H groups in total. The van der Waals surface area contributed by atoms with Crippen molar-refractivity contribution in [2.24, 2.45) is 0 Å². The van der Waals surface area contributed by atoms with E-state index in [-0.39, 0.29) is 10.8 Å². The molecule has 0 aliphatic rings. The average molecular weight is 553 g/mol. The highest BCUT2D eigenvalue weighted by molar-refractivity contribution is 7.80. The van der Waals surface area contributed by atoms with Crippen molar-refractivity contribution in [3.63, 3.8) is 0 Å². The maximum Gasteiger partial charge on any atom is 0.573 e. The fourth-order valence-electron chi connectivity index (χ4n) is 3.38. The van der Waals surface area contributed by atoms with Gasteiger partial charge in [-0.05, 0) is 55.0 Å². The zero-order valence-corrected chi connectivity index (χ0v) is 20.3. The van der Waals surface area contributed by atoms with E-state index in [1.54, 1.807) is 31.2 Å². The second-order valence-corrected chi connectivity index (χ2v) is 8.49. The molecule has 4 aromatic rings. The minimum absolute atomic E-state index is 0.255. The molecular formula is C25H18F6N4O2S. The van der Waals surface area contributed by atoms with Gasteiger partial charge in [0.2, 0.25) is 0 Å². The van der Waals surface area contributed by atoms with Crippen molar-refractivity contribution in [1.82, 2.24) is 19.7 Å². The Kier molecular flexibility index (Phi) is 7.67. The van der Waals surface area contributed by atoms with E-state index in [2.05, 4.69) is 19.8 Å². The van der Waals surface area contributed by atoms with Crippen molar-refractivity contribution in [2.75, 3.05) is 0 Å². The molecule has 0 aliphatic carbocycles. The van der Waals surface area contributed by atoms with Gasteiger partial charge in [0.05, 0.1) is 5.69 Å². The molecule has 1 atom stereocenters. The fourth-order valence-corrected chi connectivity index (χ4v) is 3.69. The van der Waals surface area contributed by atoms with Gasteiger partial charge in [-0.1, -0.05) is 30.3 Å². The van der Waals surface area contributed by atoms with Crippen LogP contribution in [0.5, 0.6) is 5.75 Å². The van der Waals surface area contributed by atoms with Gasteiger partial charge in [-0.2, -0.15) is 13.2 Å². The lowest BCUT2D eigenvalue weighted by molar-refractivity contribution is -0.274. The number of alkyl halides is 6. The molecule has 2 heterocycles. The highest BCUT2D eigenvalue weighted by Gasteiger charge is 2.32. The summed E-state index contributed by atoms with van der Waals surface area (Å²) >= 11 is 5.30. The van der Waals surface area contributed by atoms with E-state index < -0.39 is 24.3 Å². The molecule has 38 heavy (non-hydrogen) atoms. The SMILES string of the molecule is CC(OC(=S)Cc1ccc(-c2ncn(-c3ccc(OC(F)(F)F)cc3)n2)cc1)c1ccc(C(F)(F)F)nc1. The Labute approximate surface area is 217 Å². The Bertz CT molecular complexity index is 1390. The third kappa shape index (κ3) is 7.06. The molecule has 2 aromatic heterocycles. The summed E-state index contributed by atoms with van der Waals surface area (Å²) in [6.45, 7) is 1.67. The van der Waals surface area contributed by atoms with Crippen LogP contribution in [0.3, 0.4) is 0 Å². The maximum absolute atomic E-state index is 12.7. The Morgan fingerprint density at radius 2 is 1.61 bits per heavy atom. The fraction of sp³-hybridized carbons (Fsp3) is 0.200. The molecule has 1 unspecified atom stereocenters. The summed E-state index contributed by atoms with van der Waals surface area (Å²) in [5.41, 5.74) is 1.50. The lowest BCUT2D eigenvalue weighted by atomic mass is 10.1. The molecule has 198 valence electrons. The molecule has 0 spiro atoms. The van der Waals surface area contributed by atoms with Crippen molar-refractivity contribution in [1.29, 1.82) is 0 Å². The van der Waals surface area contributed by atoms with Crippen LogP contribution in [-0.4, -0.2) is 31.2 Å². The molecule has 4 rings (SSSR count). The quantitative estimate of drug-likeness (QED) is 0.184. The van der Waals surface area contributed by atoms with Gasteiger partial charge in [-0.15, -0.1) is 18.3 Å². The zero-order valence-electron chi connectivity index (χ0n) is 19.5. The van der Waals surface area contributed by atoms with Gasteiger partial charge < -0.3 is 9.47 Å². The Morgan fingerprint density at radius 3 is 2.18 bits per heavy atom. The second kappa shape index (κ2) is 10.8. The number of ether oxygens (including phenoxy) is 2. The van der Waals surface area contributed by atoms with Crippen LogP contribution < -0.4 is 4.74 Å². The Hall–Kier alpha value is -4.00. The topological polar surface area (TPSA) is 62.1 Å². The molecule has 0 radical (unpaired) electrons. The molecule has 0 saturated heterocycles. The van der Waals surface area contributed by atoms with E-state index in [0.717, 1.165) is 17.8 Å². The first-order valence-corrected chi connectivity index (χ1v) is 11.4. The number of pyridine rings is 1. The third-order valence-electron chi connectivity index (χ3n) is 5.24. The van der Waals surface area contributed by atoms with Crippen LogP contribution in [-0.2, 0) is 17.3 Å². The van der Waals surface area contributed by atoms with Crippen LogP contribution in [0.2, 0.25) is 0 Å². The van der Waals surface area contributed by atoms with E-state index in [0.29, 0.717) is 29.1 Å². The van der Waals surface area contributed by atoms with E-state index in [4.69, 9.17) is 17.0 Å². The van der Waals surface area contributed by atoms with Gasteiger partial charge in [0.25, 0.3) is 0 Å². The Morgan fingerprint density at radius 1 is 0.921 bits per heavy atom. The second-order valence-electron chi connectivity index (χ2n) is 8.03. The monoisotopic (exact) mass is 552 g/mol. The summed E-state index contributed by atoms with van der Waals surface area (Å²) in [6, 6.07) is 14.6. The van der Waals surface area contributed by atoms with E-state index in [9.17, 15) is 26.3 Å². The van der Waals surface area contributed by atoms with Crippen LogP contribution in [0.25, 0.3) is 17.1 Å². The summed E-state index contributed by atoms with van der Waals surface area (Å²) in [6.07, 6.45) is -7.03. The number of thiocarbonyl (C=S) groups is 1. The lowest BCUT2D eigenvalue weighted by Crippen LogP contribution is -2.17. The number of rotatable bonds is 7. The van der Waals surface area contributed by atoms with Crippen molar-refractivity contribution in [2.45, 2.75) is 32.0 Å². The third-order valence-corrected chi connectivity index (χ3v) is 5.48. The highest BCUT2D eigenvalue weighted by atomic mass is 32.1. The van der Waals surface area contributed by atoms with Gasteiger partial charge in [-0.3, -0.25) is 4.98 Å². The summed E-state index contributed by atoms with van der Waals surface area (Å²) in [4.78, 5) is 7.67. The maximum atomic E-state index is 12.7. The highest BCUT2D eigenvalue weighted by Crippen LogP contribution is 2.29. The number of halogens is 6. The normalized spacial score (nSPS) is 12.7.